The largest absolute Gasteiger partial charge is 0.379 e. The standard InChI is InChI=1S/C11H20N2O2/c1-2-12-10-7-15-6-9(10)11(14)13-5-8-3-4-8/h8-10,12H,2-7H2,1H3,(H,13,14). The molecule has 2 rings (SSSR count). The topological polar surface area (TPSA) is 50.4 Å². The highest BCUT2D eigenvalue weighted by atomic mass is 16.5. The van der Waals surface area contributed by atoms with Gasteiger partial charge in [0.05, 0.1) is 19.1 Å². The maximum Gasteiger partial charge on any atom is 0.227 e. The summed E-state index contributed by atoms with van der Waals surface area (Å²) in [6.45, 7) is 5.02. The second-order valence-electron chi connectivity index (χ2n) is 4.50. The van der Waals surface area contributed by atoms with Gasteiger partial charge in [0.2, 0.25) is 5.91 Å². The molecule has 1 saturated carbocycles. The van der Waals surface area contributed by atoms with E-state index < -0.39 is 0 Å². The van der Waals surface area contributed by atoms with Crippen molar-refractivity contribution < 1.29 is 9.53 Å². The number of carbonyl (C=O) groups excluding carboxylic acids is 1. The number of hydrogen-bond donors (Lipinski definition) is 2. The van der Waals surface area contributed by atoms with E-state index in [1.54, 1.807) is 0 Å². The summed E-state index contributed by atoms with van der Waals surface area (Å²) in [6.07, 6.45) is 2.55. The van der Waals surface area contributed by atoms with E-state index in [9.17, 15) is 4.79 Å². The Labute approximate surface area is 90.8 Å². The normalized spacial score (nSPS) is 30.5. The molecule has 0 radical (unpaired) electrons. The lowest BCUT2D eigenvalue weighted by molar-refractivity contribution is -0.125. The molecule has 0 aromatic carbocycles. The van der Waals surface area contributed by atoms with Gasteiger partial charge in [0.25, 0.3) is 0 Å². The van der Waals surface area contributed by atoms with E-state index in [-0.39, 0.29) is 17.9 Å². The van der Waals surface area contributed by atoms with Crippen molar-refractivity contribution in [3.8, 4) is 0 Å². The van der Waals surface area contributed by atoms with Crippen molar-refractivity contribution in [3.05, 3.63) is 0 Å². The quantitative estimate of drug-likeness (QED) is 0.681. The van der Waals surface area contributed by atoms with E-state index in [1.165, 1.54) is 12.8 Å². The van der Waals surface area contributed by atoms with Gasteiger partial charge in [0.1, 0.15) is 0 Å². The summed E-state index contributed by atoms with van der Waals surface area (Å²) in [5, 5.41) is 6.31. The second kappa shape index (κ2) is 4.94. The van der Waals surface area contributed by atoms with Crippen LogP contribution in [0, 0.1) is 11.8 Å². The number of rotatable bonds is 5. The van der Waals surface area contributed by atoms with E-state index in [1.807, 2.05) is 0 Å². The second-order valence-corrected chi connectivity index (χ2v) is 4.50. The van der Waals surface area contributed by atoms with Gasteiger partial charge in [0.15, 0.2) is 0 Å². The molecule has 2 fully saturated rings. The molecule has 1 aliphatic carbocycles. The molecule has 15 heavy (non-hydrogen) atoms. The zero-order valence-corrected chi connectivity index (χ0v) is 9.29. The van der Waals surface area contributed by atoms with Crippen molar-refractivity contribution in [2.45, 2.75) is 25.8 Å². The van der Waals surface area contributed by atoms with E-state index in [0.29, 0.717) is 13.2 Å². The highest BCUT2D eigenvalue weighted by molar-refractivity contribution is 5.79. The number of nitrogens with one attached hydrogen (secondary N) is 2. The third kappa shape index (κ3) is 2.92. The minimum atomic E-state index is 0.00343. The average Bonchev–Trinajstić information content (AvgIpc) is 2.95. The van der Waals surface area contributed by atoms with Gasteiger partial charge in [-0.15, -0.1) is 0 Å². The molecule has 4 heteroatoms. The fourth-order valence-electron chi connectivity index (χ4n) is 1.97. The number of hydrogen-bond acceptors (Lipinski definition) is 3. The Hall–Kier alpha value is -0.610. The predicted octanol–water partition coefficient (Wildman–Crippen LogP) is 0.137. The molecule has 4 nitrogen and oxygen atoms in total. The van der Waals surface area contributed by atoms with Crippen LogP contribution in [0.25, 0.3) is 0 Å². The Kier molecular flexibility index (Phi) is 3.59. The number of amides is 1. The molecule has 0 spiro atoms. The lowest BCUT2D eigenvalue weighted by atomic mass is 10.0. The van der Waals surface area contributed by atoms with Gasteiger partial charge >= 0.3 is 0 Å². The first-order valence-corrected chi connectivity index (χ1v) is 5.90. The number of ether oxygens (including phenoxy) is 1. The van der Waals surface area contributed by atoms with Gasteiger partial charge in [0, 0.05) is 12.6 Å². The molecular weight excluding hydrogens is 192 g/mol. The summed E-state index contributed by atoms with van der Waals surface area (Å²) >= 11 is 0. The molecule has 2 N–H and O–H groups in total. The summed E-state index contributed by atoms with van der Waals surface area (Å²) in [5.74, 6) is 0.905. The number of carbonyl (C=O) groups is 1. The Bertz CT molecular complexity index is 229. The fourth-order valence-corrected chi connectivity index (χ4v) is 1.97. The SMILES string of the molecule is CCNC1COCC1C(=O)NCC1CC1. The first-order chi connectivity index (χ1) is 7.31. The van der Waals surface area contributed by atoms with Crippen LogP contribution in [0.3, 0.4) is 0 Å². The van der Waals surface area contributed by atoms with Crippen molar-refractivity contribution in [2.24, 2.45) is 11.8 Å². The van der Waals surface area contributed by atoms with Crippen molar-refractivity contribution in [1.29, 1.82) is 0 Å². The van der Waals surface area contributed by atoms with Crippen LogP contribution in [0.4, 0.5) is 0 Å². The minimum absolute atomic E-state index is 0.00343. The van der Waals surface area contributed by atoms with Crippen LogP contribution in [0.2, 0.25) is 0 Å². The predicted molar refractivity (Wildman–Crippen MR) is 57.5 cm³/mol. The summed E-state index contributed by atoms with van der Waals surface area (Å²) in [5.41, 5.74) is 0. The fraction of sp³-hybridized carbons (Fsp3) is 0.909. The lowest BCUT2D eigenvalue weighted by Crippen LogP contribution is -2.44. The third-order valence-corrected chi connectivity index (χ3v) is 3.15. The zero-order chi connectivity index (χ0) is 10.7. The molecule has 2 unspecified atom stereocenters. The van der Waals surface area contributed by atoms with Crippen LogP contribution in [0.15, 0.2) is 0 Å². The van der Waals surface area contributed by atoms with Crippen LogP contribution in [-0.2, 0) is 9.53 Å². The van der Waals surface area contributed by atoms with Crippen LogP contribution < -0.4 is 10.6 Å². The Balaban J connectivity index is 1.76. The van der Waals surface area contributed by atoms with Gasteiger partial charge in [-0.3, -0.25) is 4.79 Å². The monoisotopic (exact) mass is 212 g/mol. The Morgan fingerprint density at radius 1 is 1.40 bits per heavy atom. The first kappa shape index (κ1) is 10.9. The molecule has 1 amide bonds. The summed E-state index contributed by atoms with van der Waals surface area (Å²) in [6, 6.07) is 0.203. The van der Waals surface area contributed by atoms with Gasteiger partial charge in [-0.05, 0) is 25.3 Å². The molecule has 0 aromatic heterocycles. The van der Waals surface area contributed by atoms with Crippen LogP contribution in [0.5, 0.6) is 0 Å². The van der Waals surface area contributed by atoms with Crippen molar-refractivity contribution in [1.82, 2.24) is 10.6 Å². The molecule has 1 saturated heterocycles. The molecule has 2 atom stereocenters. The molecule has 0 bridgehead atoms. The lowest BCUT2D eigenvalue weighted by Gasteiger charge is -2.17. The van der Waals surface area contributed by atoms with Crippen molar-refractivity contribution in [3.63, 3.8) is 0 Å². The summed E-state index contributed by atoms with van der Waals surface area (Å²) < 4.78 is 5.34. The van der Waals surface area contributed by atoms with Gasteiger partial charge in [-0.25, -0.2) is 0 Å². The Morgan fingerprint density at radius 2 is 2.20 bits per heavy atom. The number of likely N-dealkylation sites (N-methyl/N-ethyl adjacent to an activating group) is 1. The molecule has 86 valence electrons. The van der Waals surface area contributed by atoms with Gasteiger partial charge < -0.3 is 15.4 Å². The van der Waals surface area contributed by atoms with E-state index in [0.717, 1.165) is 19.0 Å². The van der Waals surface area contributed by atoms with Crippen molar-refractivity contribution >= 4 is 5.91 Å². The first-order valence-electron chi connectivity index (χ1n) is 5.90. The third-order valence-electron chi connectivity index (χ3n) is 3.15. The molecule has 1 heterocycles. The molecule has 1 aliphatic heterocycles. The Morgan fingerprint density at radius 3 is 2.87 bits per heavy atom. The average molecular weight is 212 g/mol. The van der Waals surface area contributed by atoms with Gasteiger partial charge in [-0.2, -0.15) is 0 Å². The highest BCUT2D eigenvalue weighted by Gasteiger charge is 2.34. The van der Waals surface area contributed by atoms with E-state index in [2.05, 4.69) is 17.6 Å². The minimum Gasteiger partial charge on any atom is -0.379 e. The van der Waals surface area contributed by atoms with Crippen molar-refractivity contribution in [2.75, 3.05) is 26.3 Å². The maximum absolute atomic E-state index is 11.8. The zero-order valence-electron chi connectivity index (χ0n) is 9.29. The molecule has 2 aliphatic rings. The van der Waals surface area contributed by atoms with E-state index in [4.69, 9.17) is 4.74 Å². The maximum atomic E-state index is 11.8. The highest BCUT2D eigenvalue weighted by Crippen LogP contribution is 2.27. The summed E-state index contributed by atoms with van der Waals surface area (Å²) in [4.78, 5) is 11.8. The van der Waals surface area contributed by atoms with Crippen LogP contribution >= 0.6 is 0 Å². The van der Waals surface area contributed by atoms with Gasteiger partial charge in [-0.1, -0.05) is 6.92 Å². The molecular formula is C11H20N2O2. The molecule has 0 aromatic rings. The van der Waals surface area contributed by atoms with Crippen LogP contribution in [-0.4, -0.2) is 38.3 Å². The smallest absolute Gasteiger partial charge is 0.227 e. The van der Waals surface area contributed by atoms with Crippen LogP contribution in [0.1, 0.15) is 19.8 Å². The van der Waals surface area contributed by atoms with E-state index >= 15 is 0 Å². The summed E-state index contributed by atoms with van der Waals surface area (Å²) in [7, 11) is 0.